The third-order valence-electron chi connectivity index (χ3n) is 5.08. The van der Waals surface area contributed by atoms with Crippen LogP contribution in [0.25, 0.3) is 0 Å². The van der Waals surface area contributed by atoms with E-state index >= 15 is 0 Å². The highest BCUT2D eigenvalue weighted by molar-refractivity contribution is 6.34. The summed E-state index contributed by atoms with van der Waals surface area (Å²) >= 11 is 0. The van der Waals surface area contributed by atoms with E-state index in [1.165, 1.54) is 4.90 Å². The van der Waals surface area contributed by atoms with E-state index in [-0.39, 0.29) is 11.8 Å². The molecule has 0 radical (unpaired) electrons. The van der Waals surface area contributed by atoms with Crippen LogP contribution in [0.15, 0.2) is 79.4 Å². The van der Waals surface area contributed by atoms with Gasteiger partial charge in [0.2, 0.25) is 0 Å². The SMILES string of the molecule is C=CCc1c(C)ccc(N2C(=O)c3ccccc3C2=O)c1OCc1ccccc1. The molecule has 4 rings (SSSR count). The topological polar surface area (TPSA) is 46.6 Å². The van der Waals surface area contributed by atoms with Gasteiger partial charge in [-0.3, -0.25) is 9.59 Å². The number of carbonyl (C=O) groups excluding carboxylic acids is 2. The molecule has 0 aromatic heterocycles. The van der Waals surface area contributed by atoms with Crippen molar-refractivity contribution in [2.75, 3.05) is 4.90 Å². The van der Waals surface area contributed by atoms with Crippen molar-refractivity contribution in [1.82, 2.24) is 0 Å². The summed E-state index contributed by atoms with van der Waals surface area (Å²) in [6, 6.07) is 20.4. The van der Waals surface area contributed by atoms with Crippen molar-refractivity contribution in [3.63, 3.8) is 0 Å². The van der Waals surface area contributed by atoms with Crippen LogP contribution in [-0.4, -0.2) is 11.8 Å². The maximum Gasteiger partial charge on any atom is 0.266 e. The van der Waals surface area contributed by atoms with Crippen molar-refractivity contribution in [3.8, 4) is 5.75 Å². The second kappa shape index (κ2) is 7.76. The maximum absolute atomic E-state index is 13.0. The Morgan fingerprint density at radius 3 is 2.14 bits per heavy atom. The Kier molecular flexibility index (Phi) is 5.00. The van der Waals surface area contributed by atoms with Crippen LogP contribution in [0.3, 0.4) is 0 Å². The van der Waals surface area contributed by atoms with Crippen LogP contribution in [0.1, 0.15) is 37.4 Å². The first-order valence-corrected chi connectivity index (χ1v) is 9.49. The minimum Gasteiger partial charge on any atom is -0.486 e. The third-order valence-corrected chi connectivity index (χ3v) is 5.08. The monoisotopic (exact) mass is 383 g/mol. The molecule has 2 amide bonds. The van der Waals surface area contributed by atoms with Crippen LogP contribution in [0, 0.1) is 6.92 Å². The van der Waals surface area contributed by atoms with E-state index in [9.17, 15) is 9.59 Å². The standard InChI is InChI=1S/C25H21NO3/c1-3-9-19-17(2)14-15-22(23(19)29-16-18-10-5-4-6-11-18)26-24(27)20-12-7-8-13-21(20)25(26)28/h3-8,10-15H,1,9,16H2,2H3. The highest BCUT2D eigenvalue weighted by atomic mass is 16.5. The summed E-state index contributed by atoms with van der Waals surface area (Å²) in [5, 5.41) is 0. The number of fused-ring (bicyclic) bond motifs is 1. The van der Waals surface area contributed by atoms with Gasteiger partial charge in [0.05, 0.1) is 16.8 Å². The average molecular weight is 383 g/mol. The summed E-state index contributed by atoms with van der Waals surface area (Å²) in [5.41, 5.74) is 4.24. The lowest BCUT2D eigenvalue weighted by Crippen LogP contribution is -2.30. The Morgan fingerprint density at radius 1 is 0.897 bits per heavy atom. The molecule has 0 bridgehead atoms. The zero-order valence-corrected chi connectivity index (χ0v) is 16.2. The largest absolute Gasteiger partial charge is 0.486 e. The smallest absolute Gasteiger partial charge is 0.266 e. The molecular formula is C25H21NO3. The summed E-state index contributed by atoms with van der Waals surface area (Å²) in [6.07, 6.45) is 2.37. The van der Waals surface area contributed by atoms with E-state index in [1.54, 1.807) is 36.4 Å². The molecule has 3 aromatic rings. The molecule has 0 fully saturated rings. The summed E-state index contributed by atoms with van der Waals surface area (Å²) in [5.74, 6) is -0.115. The molecule has 0 saturated heterocycles. The number of benzene rings is 3. The minimum absolute atomic E-state index is 0.330. The van der Waals surface area contributed by atoms with E-state index in [4.69, 9.17) is 4.74 Å². The highest BCUT2D eigenvalue weighted by Crippen LogP contribution is 2.39. The quantitative estimate of drug-likeness (QED) is 0.439. The van der Waals surface area contributed by atoms with Crippen LogP contribution < -0.4 is 9.64 Å². The highest BCUT2D eigenvalue weighted by Gasteiger charge is 2.38. The predicted octanol–water partition coefficient (Wildman–Crippen LogP) is 5.10. The Labute approximate surface area is 170 Å². The molecular weight excluding hydrogens is 362 g/mol. The van der Waals surface area contributed by atoms with Gasteiger partial charge < -0.3 is 4.74 Å². The van der Waals surface area contributed by atoms with Gasteiger partial charge in [0.25, 0.3) is 11.8 Å². The Balaban J connectivity index is 1.79. The lowest BCUT2D eigenvalue weighted by molar-refractivity contribution is 0.0924. The number of hydrogen-bond acceptors (Lipinski definition) is 3. The molecule has 1 aliphatic heterocycles. The summed E-state index contributed by atoms with van der Waals surface area (Å²) in [4.78, 5) is 27.3. The zero-order valence-electron chi connectivity index (χ0n) is 16.2. The van der Waals surface area contributed by atoms with Gasteiger partial charge in [-0.05, 0) is 42.7 Å². The fraction of sp³-hybridized carbons (Fsp3) is 0.120. The van der Waals surface area contributed by atoms with Crippen molar-refractivity contribution < 1.29 is 14.3 Å². The van der Waals surface area contributed by atoms with Crippen LogP contribution in [0.5, 0.6) is 5.75 Å². The number of amides is 2. The molecule has 3 aromatic carbocycles. The van der Waals surface area contributed by atoms with E-state index in [0.717, 1.165) is 16.7 Å². The van der Waals surface area contributed by atoms with Gasteiger partial charge in [-0.25, -0.2) is 4.90 Å². The summed E-state index contributed by atoms with van der Waals surface area (Å²) in [7, 11) is 0. The minimum atomic E-state index is -0.330. The van der Waals surface area contributed by atoms with Crippen molar-refractivity contribution in [2.24, 2.45) is 0 Å². The van der Waals surface area contributed by atoms with Crippen molar-refractivity contribution in [3.05, 3.63) is 107 Å². The molecule has 4 heteroatoms. The maximum atomic E-state index is 13.0. The number of rotatable bonds is 6. The molecule has 0 atom stereocenters. The van der Waals surface area contributed by atoms with Gasteiger partial charge in [-0.2, -0.15) is 0 Å². The number of nitrogens with zero attached hydrogens (tertiary/aromatic N) is 1. The summed E-state index contributed by atoms with van der Waals surface area (Å²) in [6.45, 7) is 6.17. The molecule has 4 nitrogen and oxygen atoms in total. The number of carbonyl (C=O) groups is 2. The first kappa shape index (κ1) is 18.7. The number of hydrogen-bond donors (Lipinski definition) is 0. The molecule has 1 aliphatic rings. The first-order valence-electron chi connectivity index (χ1n) is 9.49. The van der Waals surface area contributed by atoms with Gasteiger partial charge in [-0.15, -0.1) is 6.58 Å². The molecule has 0 N–H and O–H groups in total. The number of imide groups is 1. The second-order valence-corrected chi connectivity index (χ2v) is 6.97. The van der Waals surface area contributed by atoms with Gasteiger partial charge in [-0.1, -0.05) is 54.6 Å². The van der Waals surface area contributed by atoms with E-state index in [0.29, 0.717) is 35.6 Å². The predicted molar refractivity (Wildman–Crippen MR) is 113 cm³/mol. The number of ether oxygens (including phenoxy) is 1. The first-order chi connectivity index (χ1) is 14.1. The Bertz CT molecular complexity index is 1070. The van der Waals surface area contributed by atoms with E-state index < -0.39 is 0 Å². The molecule has 0 unspecified atom stereocenters. The lowest BCUT2D eigenvalue weighted by atomic mass is 10.0. The third kappa shape index (κ3) is 3.34. The van der Waals surface area contributed by atoms with Gasteiger partial charge >= 0.3 is 0 Å². The fourth-order valence-electron chi connectivity index (χ4n) is 3.59. The van der Waals surface area contributed by atoms with Crippen LogP contribution in [0.4, 0.5) is 5.69 Å². The van der Waals surface area contributed by atoms with Crippen molar-refractivity contribution >= 4 is 17.5 Å². The fourth-order valence-corrected chi connectivity index (χ4v) is 3.59. The normalized spacial score (nSPS) is 12.8. The summed E-state index contributed by atoms with van der Waals surface area (Å²) < 4.78 is 6.20. The number of aryl methyl sites for hydroxylation is 1. The van der Waals surface area contributed by atoms with Gasteiger partial charge in [0.15, 0.2) is 0 Å². The number of allylic oxidation sites excluding steroid dienone is 1. The number of anilines is 1. The van der Waals surface area contributed by atoms with Crippen molar-refractivity contribution in [2.45, 2.75) is 20.0 Å². The Hall–Kier alpha value is -3.66. The molecule has 0 aliphatic carbocycles. The molecule has 29 heavy (non-hydrogen) atoms. The van der Waals surface area contributed by atoms with Crippen molar-refractivity contribution in [1.29, 1.82) is 0 Å². The average Bonchev–Trinajstić information content (AvgIpc) is 3.00. The van der Waals surface area contributed by atoms with Crippen LogP contribution in [-0.2, 0) is 13.0 Å². The van der Waals surface area contributed by atoms with E-state index in [1.807, 2.05) is 43.3 Å². The van der Waals surface area contributed by atoms with Crippen LogP contribution >= 0.6 is 0 Å². The van der Waals surface area contributed by atoms with Gasteiger partial charge in [0, 0.05) is 5.56 Å². The van der Waals surface area contributed by atoms with Crippen LogP contribution in [0.2, 0.25) is 0 Å². The second-order valence-electron chi connectivity index (χ2n) is 6.97. The molecule has 0 saturated carbocycles. The Morgan fingerprint density at radius 2 is 1.52 bits per heavy atom. The molecule has 144 valence electrons. The molecule has 0 spiro atoms. The lowest BCUT2D eigenvalue weighted by Gasteiger charge is -2.22. The van der Waals surface area contributed by atoms with Gasteiger partial charge in [0.1, 0.15) is 12.4 Å². The molecule has 1 heterocycles. The van der Waals surface area contributed by atoms with E-state index in [2.05, 4.69) is 6.58 Å². The zero-order chi connectivity index (χ0) is 20.4.